The van der Waals surface area contributed by atoms with Gasteiger partial charge < -0.3 is 9.32 Å². The molecule has 2 heterocycles. The van der Waals surface area contributed by atoms with Crippen molar-refractivity contribution in [2.45, 2.75) is 40.2 Å². The van der Waals surface area contributed by atoms with Crippen molar-refractivity contribution in [3.8, 4) is 0 Å². The summed E-state index contributed by atoms with van der Waals surface area (Å²) in [5, 5.41) is 2.46. The van der Waals surface area contributed by atoms with Crippen LogP contribution in [0.1, 0.15) is 37.3 Å². The molecule has 0 aliphatic carbocycles. The molecule has 0 fully saturated rings. The first-order valence-electron chi connectivity index (χ1n) is 8.02. The average Bonchev–Trinajstić information content (AvgIpc) is 3.01. The Morgan fingerprint density at radius 2 is 2.12 bits per heavy atom. The summed E-state index contributed by atoms with van der Waals surface area (Å²) >= 11 is 0. The van der Waals surface area contributed by atoms with Crippen molar-refractivity contribution in [3.05, 3.63) is 45.8 Å². The number of nitrogens with one attached hydrogen (secondary N) is 2. The summed E-state index contributed by atoms with van der Waals surface area (Å²) in [6.45, 7) is 5.48. The minimum Gasteiger partial charge on any atom is -0.467 e. The van der Waals surface area contributed by atoms with E-state index in [9.17, 15) is 14.4 Å². The predicted molar refractivity (Wildman–Crippen MR) is 92.0 cm³/mol. The minimum absolute atomic E-state index is 0.0545. The molecule has 8 heteroatoms. The van der Waals surface area contributed by atoms with E-state index < -0.39 is 0 Å². The van der Waals surface area contributed by atoms with Gasteiger partial charge in [-0.3, -0.25) is 24.7 Å². The summed E-state index contributed by atoms with van der Waals surface area (Å²) in [6, 6.07) is 3.59. The van der Waals surface area contributed by atoms with Gasteiger partial charge in [0, 0.05) is 31.6 Å². The average molecular weight is 346 g/mol. The van der Waals surface area contributed by atoms with E-state index in [4.69, 9.17) is 4.42 Å². The minimum atomic E-state index is -0.301. The lowest BCUT2D eigenvalue weighted by Gasteiger charge is -2.19. The van der Waals surface area contributed by atoms with Gasteiger partial charge in [0.15, 0.2) is 0 Å². The van der Waals surface area contributed by atoms with Crippen LogP contribution >= 0.6 is 0 Å². The van der Waals surface area contributed by atoms with E-state index in [0.29, 0.717) is 42.9 Å². The molecule has 0 atom stereocenters. The fourth-order valence-corrected chi connectivity index (χ4v) is 2.52. The molecule has 25 heavy (non-hydrogen) atoms. The lowest BCUT2D eigenvalue weighted by molar-refractivity contribution is -0.129. The number of aryl methyl sites for hydroxylation is 1. The van der Waals surface area contributed by atoms with Gasteiger partial charge in [0.1, 0.15) is 5.76 Å². The molecule has 2 amide bonds. The number of aromatic nitrogens is 2. The smallest absolute Gasteiger partial charge is 0.255 e. The number of rotatable bonds is 7. The first kappa shape index (κ1) is 18.4. The van der Waals surface area contributed by atoms with Crippen LogP contribution in [0, 0.1) is 6.92 Å². The summed E-state index contributed by atoms with van der Waals surface area (Å²) in [4.78, 5) is 43.4. The van der Waals surface area contributed by atoms with Gasteiger partial charge in [0.05, 0.1) is 12.8 Å². The van der Waals surface area contributed by atoms with Crippen molar-refractivity contribution < 1.29 is 14.0 Å². The number of anilines is 1. The van der Waals surface area contributed by atoms with Gasteiger partial charge in [0.2, 0.25) is 17.8 Å². The highest BCUT2D eigenvalue weighted by molar-refractivity contribution is 5.86. The number of H-pyrrole nitrogens is 1. The van der Waals surface area contributed by atoms with Gasteiger partial charge in [-0.25, -0.2) is 4.98 Å². The second-order valence-corrected chi connectivity index (χ2v) is 5.78. The Hall–Kier alpha value is -2.90. The molecular weight excluding hydrogens is 324 g/mol. The van der Waals surface area contributed by atoms with E-state index >= 15 is 0 Å². The zero-order chi connectivity index (χ0) is 18.4. The number of hydrogen-bond donors (Lipinski definition) is 2. The molecule has 8 nitrogen and oxygen atoms in total. The van der Waals surface area contributed by atoms with Gasteiger partial charge in [-0.1, -0.05) is 0 Å². The van der Waals surface area contributed by atoms with Crippen molar-refractivity contribution >= 4 is 17.8 Å². The Balaban J connectivity index is 1.99. The molecule has 0 saturated heterocycles. The van der Waals surface area contributed by atoms with Crippen molar-refractivity contribution in [2.24, 2.45) is 0 Å². The second kappa shape index (κ2) is 8.27. The summed E-state index contributed by atoms with van der Waals surface area (Å²) in [7, 11) is 0. The number of nitrogens with zero attached hydrogens (tertiary/aromatic N) is 2. The lowest BCUT2D eigenvalue weighted by atomic mass is 10.1. The fourth-order valence-electron chi connectivity index (χ4n) is 2.52. The molecule has 2 aromatic heterocycles. The highest BCUT2D eigenvalue weighted by atomic mass is 16.3. The summed E-state index contributed by atoms with van der Waals surface area (Å²) in [5.41, 5.74) is 0.833. The number of carbonyl (C=O) groups excluding carboxylic acids is 2. The number of aromatic amines is 1. The molecule has 134 valence electrons. The van der Waals surface area contributed by atoms with Crippen LogP contribution in [0.25, 0.3) is 0 Å². The second-order valence-electron chi connectivity index (χ2n) is 5.78. The van der Waals surface area contributed by atoms with Crippen LogP contribution < -0.4 is 10.9 Å². The Morgan fingerprint density at radius 3 is 2.68 bits per heavy atom. The summed E-state index contributed by atoms with van der Waals surface area (Å²) in [5.74, 6) is 0.499. The highest BCUT2D eigenvalue weighted by Gasteiger charge is 2.13. The molecule has 0 aromatic carbocycles. The third-order valence-electron chi connectivity index (χ3n) is 3.74. The Kier molecular flexibility index (Phi) is 6.10. The van der Waals surface area contributed by atoms with Gasteiger partial charge >= 0.3 is 0 Å². The molecule has 0 aliphatic heterocycles. The normalized spacial score (nSPS) is 10.5. The Morgan fingerprint density at radius 1 is 1.36 bits per heavy atom. The maximum absolute atomic E-state index is 12.2. The molecule has 0 unspecified atom stereocenters. The Labute approximate surface area is 145 Å². The zero-order valence-corrected chi connectivity index (χ0v) is 14.6. The number of carbonyl (C=O) groups is 2. The molecule has 0 radical (unpaired) electrons. The number of furan rings is 1. The van der Waals surface area contributed by atoms with Crippen LogP contribution in [0.5, 0.6) is 0 Å². The van der Waals surface area contributed by atoms with E-state index in [0.717, 1.165) is 0 Å². The maximum atomic E-state index is 12.2. The van der Waals surface area contributed by atoms with E-state index in [2.05, 4.69) is 15.3 Å². The van der Waals surface area contributed by atoms with Crippen LogP contribution in [0.2, 0.25) is 0 Å². The first-order valence-corrected chi connectivity index (χ1v) is 8.02. The third kappa shape index (κ3) is 5.30. The highest BCUT2D eigenvalue weighted by Crippen LogP contribution is 2.09. The predicted octanol–water partition coefficient (Wildman–Crippen LogP) is 1.61. The summed E-state index contributed by atoms with van der Waals surface area (Å²) < 4.78 is 5.27. The van der Waals surface area contributed by atoms with Crippen LogP contribution in [0.15, 0.2) is 27.6 Å². The van der Waals surface area contributed by atoms with E-state index in [1.165, 1.54) is 13.8 Å². The molecule has 2 aromatic rings. The van der Waals surface area contributed by atoms with Gasteiger partial charge in [-0.2, -0.15) is 0 Å². The van der Waals surface area contributed by atoms with Gasteiger partial charge in [-0.05, 0) is 31.9 Å². The van der Waals surface area contributed by atoms with Crippen molar-refractivity contribution in [1.82, 2.24) is 14.9 Å². The molecule has 0 spiro atoms. The Bertz CT molecular complexity index is 795. The SMILES string of the molecule is CC(=O)Nc1nc(C)c(CCCN(Cc2ccco2)C(C)=O)c(=O)[nH]1. The number of hydrogen-bond acceptors (Lipinski definition) is 5. The van der Waals surface area contributed by atoms with E-state index in [-0.39, 0.29) is 23.3 Å². The van der Waals surface area contributed by atoms with Crippen LogP contribution in [-0.4, -0.2) is 33.2 Å². The largest absolute Gasteiger partial charge is 0.467 e. The standard InChI is InChI=1S/C17H22N4O4/c1-11-15(16(24)20-17(18-11)19-12(2)22)7-4-8-21(13(3)23)10-14-6-5-9-25-14/h5-6,9H,4,7-8,10H2,1-3H3,(H2,18,19,20,22,24). The quantitative estimate of drug-likeness (QED) is 0.792. The molecule has 0 saturated carbocycles. The first-order chi connectivity index (χ1) is 11.9. The van der Waals surface area contributed by atoms with Crippen molar-refractivity contribution in [1.29, 1.82) is 0 Å². The van der Waals surface area contributed by atoms with E-state index in [1.54, 1.807) is 24.2 Å². The molecular formula is C17H22N4O4. The van der Waals surface area contributed by atoms with Crippen LogP contribution in [-0.2, 0) is 22.6 Å². The monoisotopic (exact) mass is 346 g/mol. The van der Waals surface area contributed by atoms with Gasteiger partial charge in [-0.15, -0.1) is 0 Å². The summed E-state index contributed by atoms with van der Waals surface area (Å²) in [6.07, 6.45) is 2.67. The molecule has 2 rings (SSSR count). The van der Waals surface area contributed by atoms with Crippen LogP contribution in [0.4, 0.5) is 5.95 Å². The lowest BCUT2D eigenvalue weighted by Crippen LogP contribution is -2.30. The van der Waals surface area contributed by atoms with Crippen LogP contribution in [0.3, 0.4) is 0 Å². The zero-order valence-electron chi connectivity index (χ0n) is 14.6. The van der Waals surface area contributed by atoms with Crippen molar-refractivity contribution in [2.75, 3.05) is 11.9 Å². The molecule has 2 N–H and O–H groups in total. The van der Waals surface area contributed by atoms with Gasteiger partial charge in [0.25, 0.3) is 5.56 Å². The number of amides is 2. The van der Waals surface area contributed by atoms with Crippen molar-refractivity contribution in [3.63, 3.8) is 0 Å². The van der Waals surface area contributed by atoms with E-state index in [1.807, 2.05) is 6.07 Å². The molecule has 0 bridgehead atoms. The third-order valence-corrected chi connectivity index (χ3v) is 3.74. The topological polar surface area (TPSA) is 108 Å². The fraction of sp³-hybridized carbons (Fsp3) is 0.412. The molecule has 0 aliphatic rings. The maximum Gasteiger partial charge on any atom is 0.255 e.